The molecule has 1 amide bonds. The van der Waals surface area contributed by atoms with Crippen LogP contribution in [-0.4, -0.2) is 30.5 Å². The third kappa shape index (κ3) is 3.83. The summed E-state index contributed by atoms with van der Waals surface area (Å²) in [5, 5.41) is 16.0. The number of carbonyl (C=O) groups is 1. The molecule has 1 N–H and O–H groups in total. The van der Waals surface area contributed by atoms with E-state index in [-0.39, 0.29) is 5.91 Å². The zero-order valence-electron chi connectivity index (χ0n) is 16.3. The molecule has 4 rings (SSSR count). The van der Waals surface area contributed by atoms with Gasteiger partial charge in [-0.15, -0.1) is 10.2 Å². The lowest BCUT2D eigenvalue weighted by Gasteiger charge is -2.10. The van der Waals surface area contributed by atoms with Crippen LogP contribution in [0.2, 0.25) is 0 Å². The summed E-state index contributed by atoms with van der Waals surface area (Å²) in [7, 11) is 0. The average Bonchev–Trinajstić information content (AvgIpc) is 3.22. The summed E-state index contributed by atoms with van der Waals surface area (Å²) in [6.07, 6.45) is 6.89. The average molecular weight is 378 g/mol. The van der Waals surface area contributed by atoms with E-state index in [1.165, 1.54) is 12.0 Å². The van der Waals surface area contributed by atoms with Gasteiger partial charge in [0, 0.05) is 13.0 Å². The predicted molar refractivity (Wildman–Crippen MR) is 106 cm³/mol. The molecule has 7 heteroatoms. The molecular formula is C21H26N6O. The summed E-state index contributed by atoms with van der Waals surface area (Å²) in [6, 6.07) is 10.2. The molecule has 146 valence electrons. The molecule has 3 heterocycles. The largest absolute Gasteiger partial charge is 0.345 e. The van der Waals surface area contributed by atoms with Gasteiger partial charge in [-0.1, -0.05) is 43.7 Å². The molecule has 28 heavy (non-hydrogen) atoms. The first-order valence-electron chi connectivity index (χ1n) is 10.0. The lowest BCUT2D eigenvalue weighted by atomic mass is 10.1. The van der Waals surface area contributed by atoms with Gasteiger partial charge in [-0.2, -0.15) is 5.10 Å². The first kappa shape index (κ1) is 18.4. The van der Waals surface area contributed by atoms with Crippen molar-refractivity contribution in [3.63, 3.8) is 0 Å². The monoisotopic (exact) mass is 378 g/mol. The Hall–Kier alpha value is -2.96. The number of nitrogens with one attached hydrogen (secondary N) is 1. The number of carbonyl (C=O) groups excluding carboxylic acids is 1. The van der Waals surface area contributed by atoms with Gasteiger partial charge in [0.1, 0.15) is 5.82 Å². The Balaban J connectivity index is 1.46. The first-order valence-corrected chi connectivity index (χ1v) is 10.0. The molecule has 0 atom stereocenters. The molecule has 0 bridgehead atoms. The predicted octanol–water partition coefficient (Wildman–Crippen LogP) is 2.74. The molecule has 1 aliphatic heterocycles. The maximum atomic E-state index is 12.8. The summed E-state index contributed by atoms with van der Waals surface area (Å²) in [5.41, 5.74) is 2.74. The van der Waals surface area contributed by atoms with Gasteiger partial charge in [0.2, 0.25) is 0 Å². The molecule has 0 saturated carbocycles. The highest BCUT2D eigenvalue weighted by molar-refractivity contribution is 5.95. The van der Waals surface area contributed by atoms with E-state index in [2.05, 4.69) is 37.3 Å². The van der Waals surface area contributed by atoms with Crippen LogP contribution in [0.4, 0.5) is 0 Å². The van der Waals surface area contributed by atoms with Crippen LogP contribution in [0.25, 0.3) is 0 Å². The quantitative estimate of drug-likeness (QED) is 0.715. The van der Waals surface area contributed by atoms with Crippen molar-refractivity contribution in [2.24, 2.45) is 0 Å². The number of fused-ring (bicyclic) bond motifs is 1. The molecule has 1 aromatic carbocycles. The van der Waals surface area contributed by atoms with Crippen molar-refractivity contribution in [3.05, 3.63) is 65.0 Å². The van der Waals surface area contributed by atoms with E-state index in [1.54, 1.807) is 6.20 Å². The van der Waals surface area contributed by atoms with E-state index in [0.29, 0.717) is 18.7 Å². The number of amides is 1. The van der Waals surface area contributed by atoms with E-state index in [4.69, 9.17) is 0 Å². The maximum Gasteiger partial charge on any atom is 0.255 e. The number of aryl methyl sites for hydroxylation is 1. The van der Waals surface area contributed by atoms with Gasteiger partial charge < -0.3 is 9.88 Å². The molecule has 0 unspecified atom stereocenters. The van der Waals surface area contributed by atoms with Gasteiger partial charge in [-0.05, 0) is 24.8 Å². The molecule has 0 saturated heterocycles. The van der Waals surface area contributed by atoms with Crippen molar-refractivity contribution in [2.45, 2.75) is 58.7 Å². The standard InChI is InChI=1S/C21H26N6O/c1-2-18-17(13-23-27(18)15-16-9-5-3-6-10-16)21(28)22-14-20-25-24-19-11-7-4-8-12-26(19)20/h3,5-6,9-10,13H,2,4,7-8,11-12,14-15H2,1H3,(H,22,28). The molecule has 0 fully saturated rings. The van der Waals surface area contributed by atoms with Gasteiger partial charge >= 0.3 is 0 Å². The molecule has 7 nitrogen and oxygen atoms in total. The number of hydrogen-bond acceptors (Lipinski definition) is 4. The van der Waals surface area contributed by atoms with Gasteiger partial charge in [0.15, 0.2) is 5.82 Å². The highest BCUT2D eigenvalue weighted by Gasteiger charge is 2.19. The summed E-state index contributed by atoms with van der Waals surface area (Å²) in [4.78, 5) is 12.8. The van der Waals surface area contributed by atoms with E-state index >= 15 is 0 Å². The van der Waals surface area contributed by atoms with Crippen LogP contribution in [-0.2, 0) is 32.5 Å². The van der Waals surface area contributed by atoms with Gasteiger partial charge in [0.25, 0.3) is 5.91 Å². The Morgan fingerprint density at radius 1 is 1.14 bits per heavy atom. The first-order chi connectivity index (χ1) is 13.8. The highest BCUT2D eigenvalue weighted by atomic mass is 16.1. The Bertz CT molecular complexity index is 943. The molecule has 0 spiro atoms. The Morgan fingerprint density at radius 3 is 2.82 bits per heavy atom. The van der Waals surface area contributed by atoms with Crippen LogP contribution in [0, 0.1) is 0 Å². The van der Waals surface area contributed by atoms with Crippen LogP contribution in [0.3, 0.4) is 0 Å². The van der Waals surface area contributed by atoms with Crippen LogP contribution in [0.5, 0.6) is 0 Å². The van der Waals surface area contributed by atoms with Crippen LogP contribution in [0.15, 0.2) is 36.5 Å². The molecular weight excluding hydrogens is 352 g/mol. The lowest BCUT2D eigenvalue weighted by molar-refractivity contribution is 0.0948. The summed E-state index contributed by atoms with van der Waals surface area (Å²) >= 11 is 0. The van der Waals surface area contributed by atoms with Crippen molar-refractivity contribution in [1.29, 1.82) is 0 Å². The van der Waals surface area contributed by atoms with Crippen molar-refractivity contribution in [3.8, 4) is 0 Å². The summed E-state index contributed by atoms with van der Waals surface area (Å²) < 4.78 is 4.07. The molecule has 3 aromatic rings. The van der Waals surface area contributed by atoms with E-state index < -0.39 is 0 Å². The number of nitrogens with zero attached hydrogens (tertiary/aromatic N) is 5. The zero-order valence-corrected chi connectivity index (χ0v) is 16.3. The van der Waals surface area contributed by atoms with E-state index in [0.717, 1.165) is 49.6 Å². The number of hydrogen-bond donors (Lipinski definition) is 1. The van der Waals surface area contributed by atoms with E-state index in [1.807, 2.05) is 29.8 Å². The summed E-state index contributed by atoms with van der Waals surface area (Å²) in [6.45, 7) is 4.03. The number of benzene rings is 1. The minimum absolute atomic E-state index is 0.109. The van der Waals surface area contributed by atoms with Gasteiger partial charge in [-0.3, -0.25) is 9.48 Å². The van der Waals surface area contributed by atoms with Crippen LogP contribution in [0.1, 0.15) is 59.5 Å². The fourth-order valence-electron chi connectivity index (χ4n) is 3.80. The van der Waals surface area contributed by atoms with Crippen molar-refractivity contribution in [2.75, 3.05) is 0 Å². The number of aromatic nitrogens is 5. The molecule has 0 aliphatic carbocycles. The Morgan fingerprint density at radius 2 is 2.00 bits per heavy atom. The Labute approximate surface area is 164 Å². The van der Waals surface area contributed by atoms with E-state index in [9.17, 15) is 4.79 Å². The minimum Gasteiger partial charge on any atom is -0.345 e. The second kappa shape index (κ2) is 8.37. The minimum atomic E-state index is -0.109. The topological polar surface area (TPSA) is 77.6 Å². The molecule has 2 aromatic heterocycles. The van der Waals surface area contributed by atoms with Crippen LogP contribution >= 0.6 is 0 Å². The normalized spacial score (nSPS) is 13.8. The second-order valence-corrected chi connectivity index (χ2v) is 7.18. The zero-order chi connectivity index (χ0) is 19.3. The van der Waals surface area contributed by atoms with Crippen molar-refractivity contribution in [1.82, 2.24) is 29.9 Å². The molecule has 0 radical (unpaired) electrons. The Kier molecular flexibility index (Phi) is 5.50. The van der Waals surface area contributed by atoms with Gasteiger partial charge in [-0.25, -0.2) is 0 Å². The second-order valence-electron chi connectivity index (χ2n) is 7.18. The fourth-order valence-corrected chi connectivity index (χ4v) is 3.80. The maximum absolute atomic E-state index is 12.8. The summed E-state index contributed by atoms with van der Waals surface area (Å²) in [5.74, 6) is 1.76. The van der Waals surface area contributed by atoms with Crippen molar-refractivity contribution >= 4 is 5.91 Å². The number of rotatable bonds is 6. The SMILES string of the molecule is CCc1c(C(=O)NCc2nnc3n2CCCCC3)cnn1Cc1ccccc1. The van der Waals surface area contributed by atoms with Gasteiger partial charge in [0.05, 0.1) is 30.5 Å². The van der Waals surface area contributed by atoms with Crippen LogP contribution < -0.4 is 5.32 Å². The van der Waals surface area contributed by atoms with Crippen molar-refractivity contribution < 1.29 is 4.79 Å². The third-order valence-electron chi connectivity index (χ3n) is 5.30. The smallest absolute Gasteiger partial charge is 0.255 e. The highest BCUT2D eigenvalue weighted by Crippen LogP contribution is 2.15. The lowest BCUT2D eigenvalue weighted by Crippen LogP contribution is -2.26. The molecule has 1 aliphatic rings. The third-order valence-corrected chi connectivity index (χ3v) is 5.30. The fraction of sp³-hybridized carbons (Fsp3) is 0.429.